The molecule has 0 bridgehead atoms. The molecule has 0 aromatic carbocycles. The molecule has 0 aliphatic carbocycles. The summed E-state index contributed by atoms with van der Waals surface area (Å²) in [6.45, 7) is 10.3. The number of carbonyl (C=O) groups excluding carboxylic acids is 4. The molecule has 1 aliphatic heterocycles. The molecule has 198 valence electrons. The van der Waals surface area contributed by atoms with Crippen LogP contribution in [0.3, 0.4) is 0 Å². The van der Waals surface area contributed by atoms with Crippen LogP contribution in [-0.2, 0) is 28.6 Å². The van der Waals surface area contributed by atoms with E-state index >= 15 is 0 Å². The highest BCUT2D eigenvalue weighted by atomic mass is 35.5. The summed E-state index contributed by atoms with van der Waals surface area (Å²) in [6, 6.07) is 0. The van der Waals surface area contributed by atoms with Gasteiger partial charge < -0.3 is 30.2 Å². The summed E-state index contributed by atoms with van der Waals surface area (Å²) in [4.78, 5) is 48.4. The minimum absolute atomic E-state index is 0.124. The number of hydrogen-bond donors (Lipinski definition) is 3. The lowest BCUT2D eigenvalue weighted by Crippen LogP contribution is -2.40. The summed E-state index contributed by atoms with van der Waals surface area (Å²) in [7, 11) is 0. The number of hydrogen-bond acceptors (Lipinski definition) is 9. The van der Waals surface area contributed by atoms with Gasteiger partial charge in [-0.3, -0.25) is 9.59 Å². The van der Waals surface area contributed by atoms with Gasteiger partial charge in [0.15, 0.2) is 0 Å². The molecule has 2 unspecified atom stereocenters. The molecule has 0 aromatic rings. The van der Waals surface area contributed by atoms with Crippen LogP contribution in [0.4, 0.5) is 4.79 Å². The average molecular weight is 534 g/mol. The Balaban J connectivity index is 2.51. The van der Waals surface area contributed by atoms with E-state index in [1.807, 2.05) is 0 Å². The van der Waals surface area contributed by atoms with Crippen molar-refractivity contribution in [3.8, 4) is 0 Å². The van der Waals surface area contributed by atoms with Crippen LogP contribution in [0.1, 0.15) is 54.4 Å². The molecule has 0 saturated carbocycles. The van der Waals surface area contributed by atoms with E-state index < -0.39 is 41.9 Å². The van der Waals surface area contributed by atoms with Crippen LogP contribution in [-0.4, -0.2) is 65.6 Å². The number of carbonyl (C=O) groups is 4. The van der Waals surface area contributed by atoms with E-state index in [9.17, 15) is 19.2 Å². The normalized spacial score (nSPS) is 16.7. The number of halogens is 1. The van der Waals surface area contributed by atoms with E-state index in [4.69, 9.17) is 25.8 Å². The number of nitrogens with one attached hydrogen (secondary N) is 3. The molecule has 0 spiro atoms. The van der Waals surface area contributed by atoms with E-state index in [0.717, 1.165) is 0 Å². The molecule has 12 heteroatoms. The number of ether oxygens (including phenoxy) is 3. The first-order valence-corrected chi connectivity index (χ1v) is 12.7. The van der Waals surface area contributed by atoms with Crippen molar-refractivity contribution in [2.24, 2.45) is 0 Å². The Morgan fingerprint density at radius 3 is 2.37 bits per heavy atom. The monoisotopic (exact) mass is 533 g/mol. The summed E-state index contributed by atoms with van der Waals surface area (Å²) in [6.07, 6.45) is 2.12. The molecule has 0 radical (unpaired) electrons. The lowest BCUT2D eigenvalue weighted by Gasteiger charge is -2.21. The van der Waals surface area contributed by atoms with Crippen molar-refractivity contribution in [2.75, 3.05) is 19.0 Å². The molecule has 0 fully saturated rings. The van der Waals surface area contributed by atoms with Crippen LogP contribution in [0.2, 0.25) is 0 Å². The van der Waals surface area contributed by atoms with Gasteiger partial charge in [0.2, 0.25) is 5.91 Å². The Kier molecular flexibility index (Phi) is 12.5. The third-order valence-electron chi connectivity index (χ3n) is 3.84. The Morgan fingerprint density at radius 1 is 1.11 bits per heavy atom. The SMILES string of the molecule is CC(C)(C)OC(=O)NCC(=O)OC(/C=C/CCCl)CC(=O)NCC1NC(C(=O)OC(C)(C)C)=CS1. The van der Waals surface area contributed by atoms with E-state index in [0.29, 0.717) is 18.0 Å². The predicted octanol–water partition coefficient (Wildman–Crippen LogP) is 2.96. The number of allylic oxidation sites excluding steroid dienone is 1. The lowest BCUT2D eigenvalue weighted by molar-refractivity contribution is -0.150. The molecular formula is C23H36ClN3O7S. The molecule has 2 atom stereocenters. The topological polar surface area (TPSA) is 132 Å². The largest absolute Gasteiger partial charge is 0.456 e. The van der Waals surface area contributed by atoms with Crippen molar-refractivity contribution in [2.45, 2.75) is 77.1 Å². The second kappa shape index (κ2) is 14.2. The fraction of sp³-hybridized carbons (Fsp3) is 0.652. The van der Waals surface area contributed by atoms with E-state index in [-0.39, 0.29) is 24.2 Å². The number of esters is 2. The molecule has 1 aliphatic rings. The molecule has 0 saturated heterocycles. The zero-order chi connectivity index (χ0) is 26.6. The Hall–Kier alpha value is -2.40. The predicted molar refractivity (Wildman–Crippen MR) is 135 cm³/mol. The fourth-order valence-corrected chi connectivity index (χ4v) is 3.49. The highest BCUT2D eigenvalue weighted by Gasteiger charge is 2.27. The first-order chi connectivity index (χ1) is 16.2. The number of amides is 2. The maximum Gasteiger partial charge on any atom is 0.408 e. The molecule has 2 amide bonds. The van der Waals surface area contributed by atoms with Gasteiger partial charge in [-0.25, -0.2) is 9.59 Å². The van der Waals surface area contributed by atoms with Crippen molar-refractivity contribution >= 4 is 47.3 Å². The van der Waals surface area contributed by atoms with Gasteiger partial charge in [-0.15, -0.1) is 23.4 Å². The summed E-state index contributed by atoms with van der Waals surface area (Å²) in [5.41, 5.74) is -0.978. The molecule has 1 rings (SSSR count). The van der Waals surface area contributed by atoms with Crippen LogP contribution >= 0.6 is 23.4 Å². The van der Waals surface area contributed by atoms with Crippen LogP contribution in [0, 0.1) is 0 Å². The smallest absolute Gasteiger partial charge is 0.408 e. The third-order valence-corrected chi connectivity index (χ3v) is 5.04. The van der Waals surface area contributed by atoms with Gasteiger partial charge in [-0.2, -0.15) is 0 Å². The van der Waals surface area contributed by atoms with E-state index in [1.165, 1.54) is 11.8 Å². The van der Waals surface area contributed by atoms with E-state index in [2.05, 4.69) is 16.0 Å². The van der Waals surface area contributed by atoms with Crippen molar-refractivity contribution in [1.82, 2.24) is 16.0 Å². The second-order valence-electron chi connectivity index (χ2n) is 9.60. The first kappa shape index (κ1) is 30.6. The Bertz CT molecular complexity index is 819. The zero-order valence-corrected chi connectivity index (χ0v) is 22.6. The van der Waals surface area contributed by atoms with Crippen LogP contribution in [0.25, 0.3) is 0 Å². The van der Waals surface area contributed by atoms with Crippen LogP contribution < -0.4 is 16.0 Å². The lowest BCUT2D eigenvalue weighted by atomic mass is 10.2. The van der Waals surface area contributed by atoms with Gasteiger partial charge >= 0.3 is 18.0 Å². The minimum atomic E-state index is -0.842. The summed E-state index contributed by atoms with van der Waals surface area (Å²) in [5.74, 6) is -1.16. The number of alkyl halides is 1. The highest BCUT2D eigenvalue weighted by molar-refractivity contribution is 8.03. The molecule has 1 heterocycles. The van der Waals surface area contributed by atoms with Crippen molar-refractivity contribution in [3.05, 3.63) is 23.3 Å². The molecule has 0 aromatic heterocycles. The summed E-state index contributed by atoms with van der Waals surface area (Å²) in [5, 5.41) is 9.49. The number of alkyl carbamates (subject to hydrolysis) is 1. The molecule has 35 heavy (non-hydrogen) atoms. The molecule has 10 nitrogen and oxygen atoms in total. The van der Waals surface area contributed by atoms with Crippen molar-refractivity contribution in [1.29, 1.82) is 0 Å². The van der Waals surface area contributed by atoms with Gasteiger partial charge in [0, 0.05) is 17.8 Å². The highest BCUT2D eigenvalue weighted by Crippen LogP contribution is 2.22. The summed E-state index contributed by atoms with van der Waals surface area (Å²) < 4.78 is 15.7. The van der Waals surface area contributed by atoms with Crippen molar-refractivity contribution < 1.29 is 33.4 Å². The quantitative estimate of drug-likeness (QED) is 0.159. The van der Waals surface area contributed by atoms with Gasteiger partial charge in [0.05, 0.1) is 11.8 Å². The van der Waals surface area contributed by atoms with Crippen LogP contribution in [0.5, 0.6) is 0 Å². The third kappa shape index (κ3) is 14.6. The average Bonchev–Trinajstić information content (AvgIpc) is 3.18. The van der Waals surface area contributed by atoms with Gasteiger partial charge in [-0.1, -0.05) is 6.08 Å². The Labute approximate surface area is 215 Å². The first-order valence-electron chi connectivity index (χ1n) is 11.2. The maximum atomic E-state index is 12.5. The van der Waals surface area contributed by atoms with Gasteiger partial charge in [0.1, 0.15) is 29.5 Å². The standard InChI is InChI=1S/C23H36ClN3O7S/c1-22(2,3)33-20(30)16-14-35-18(27-16)12-25-17(28)11-15(9-7-8-10-24)32-19(29)13-26-21(31)34-23(4,5)6/h7,9,14-15,18,27H,8,10-13H2,1-6H3,(H,25,28)(H,26,31)/b9-7+. The molecule has 3 N–H and O–H groups in total. The number of thioether (sulfide) groups is 1. The zero-order valence-electron chi connectivity index (χ0n) is 21.1. The van der Waals surface area contributed by atoms with E-state index in [1.54, 1.807) is 59.1 Å². The minimum Gasteiger partial charge on any atom is -0.456 e. The second-order valence-corrected chi connectivity index (χ2v) is 11.1. The van der Waals surface area contributed by atoms with Crippen molar-refractivity contribution in [3.63, 3.8) is 0 Å². The molecular weight excluding hydrogens is 498 g/mol. The van der Waals surface area contributed by atoms with Gasteiger partial charge in [-0.05, 0) is 54.0 Å². The van der Waals surface area contributed by atoms with Gasteiger partial charge in [0.25, 0.3) is 0 Å². The fourth-order valence-electron chi connectivity index (χ4n) is 2.52. The Morgan fingerprint density at radius 2 is 1.77 bits per heavy atom. The van der Waals surface area contributed by atoms with Crippen LogP contribution in [0.15, 0.2) is 23.3 Å². The maximum absolute atomic E-state index is 12.5. The number of rotatable bonds is 11. The summed E-state index contributed by atoms with van der Waals surface area (Å²) >= 11 is 7.03.